The molecule has 16 heavy (non-hydrogen) atoms. The number of nitrogens with one attached hydrogen (secondary N) is 1. The Labute approximate surface area is 94.4 Å². The Hall–Kier alpha value is -1.35. The average molecular weight is 221 g/mol. The number of furan rings is 1. The Kier molecular flexibility index (Phi) is 3.25. The van der Waals surface area contributed by atoms with Crippen molar-refractivity contribution in [3.8, 4) is 0 Å². The number of fused-ring (bicyclic) bond motifs is 1. The zero-order valence-corrected chi connectivity index (χ0v) is 9.53. The van der Waals surface area contributed by atoms with E-state index in [1.165, 1.54) is 0 Å². The summed E-state index contributed by atoms with van der Waals surface area (Å²) in [5, 5.41) is 4.04. The van der Waals surface area contributed by atoms with Gasteiger partial charge in [-0.15, -0.1) is 0 Å². The first-order valence-corrected chi connectivity index (χ1v) is 5.57. The van der Waals surface area contributed by atoms with Crippen molar-refractivity contribution in [3.63, 3.8) is 0 Å². The molecule has 0 bridgehead atoms. The molecule has 1 heterocycles. The minimum atomic E-state index is -0.987. The van der Waals surface area contributed by atoms with Crippen molar-refractivity contribution in [2.45, 2.75) is 26.1 Å². The number of likely N-dealkylation sites (N-methyl/N-ethyl adjacent to an activating group) is 1. The normalized spacial score (nSPS) is 15.2. The van der Waals surface area contributed by atoms with Crippen LogP contribution in [0.25, 0.3) is 11.0 Å². The van der Waals surface area contributed by atoms with E-state index in [4.69, 9.17) is 4.42 Å². The number of halogens is 1. The van der Waals surface area contributed by atoms with E-state index in [1.807, 2.05) is 32.0 Å². The second-order valence-electron chi connectivity index (χ2n) is 3.97. The highest BCUT2D eigenvalue weighted by Crippen LogP contribution is 2.25. The van der Waals surface area contributed by atoms with Crippen molar-refractivity contribution in [1.29, 1.82) is 0 Å². The molecule has 0 amide bonds. The summed E-state index contributed by atoms with van der Waals surface area (Å²) in [7, 11) is 0. The van der Waals surface area contributed by atoms with Crippen LogP contribution in [0.3, 0.4) is 0 Å². The van der Waals surface area contributed by atoms with E-state index in [9.17, 15) is 4.39 Å². The van der Waals surface area contributed by atoms with Gasteiger partial charge in [0.15, 0.2) is 0 Å². The van der Waals surface area contributed by atoms with E-state index in [1.54, 1.807) is 12.3 Å². The van der Waals surface area contributed by atoms with E-state index in [-0.39, 0.29) is 6.04 Å². The van der Waals surface area contributed by atoms with E-state index in [2.05, 4.69) is 5.32 Å². The van der Waals surface area contributed by atoms with Crippen LogP contribution in [-0.4, -0.2) is 12.6 Å². The van der Waals surface area contributed by atoms with Gasteiger partial charge in [0.05, 0.1) is 6.26 Å². The maximum Gasteiger partial charge on any atom is 0.140 e. The first-order valence-electron chi connectivity index (χ1n) is 5.57. The molecule has 2 atom stereocenters. The lowest BCUT2D eigenvalue weighted by atomic mass is 10.0. The topological polar surface area (TPSA) is 25.2 Å². The first kappa shape index (κ1) is 11.1. The second-order valence-corrected chi connectivity index (χ2v) is 3.97. The lowest BCUT2D eigenvalue weighted by Crippen LogP contribution is -2.29. The summed E-state index contributed by atoms with van der Waals surface area (Å²) in [4.78, 5) is 0. The molecular formula is C13H16FNO. The Morgan fingerprint density at radius 2 is 2.19 bits per heavy atom. The molecule has 0 spiro atoms. The van der Waals surface area contributed by atoms with Crippen molar-refractivity contribution in [3.05, 3.63) is 36.1 Å². The van der Waals surface area contributed by atoms with Gasteiger partial charge in [0.1, 0.15) is 11.8 Å². The minimum absolute atomic E-state index is 0.172. The minimum Gasteiger partial charge on any atom is -0.464 e. The number of benzene rings is 1. The lowest BCUT2D eigenvalue weighted by Gasteiger charge is -2.17. The molecule has 0 saturated heterocycles. The van der Waals surface area contributed by atoms with Crippen LogP contribution in [0, 0.1) is 0 Å². The third-order valence-electron chi connectivity index (χ3n) is 2.76. The van der Waals surface area contributed by atoms with Crippen LogP contribution in [0.1, 0.15) is 25.6 Å². The zero-order chi connectivity index (χ0) is 11.5. The van der Waals surface area contributed by atoms with Crippen molar-refractivity contribution in [2.24, 2.45) is 0 Å². The first-order chi connectivity index (χ1) is 7.72. The molecule has 2 aromatic rings. The molecule has 1 N–H and O–H groups in total. The Morgan fingerprint density at radius 3 is 2.94 bits per heavy atom. The lowest BCUT2D eigenvalue weighted by molar-refractivity contribution is 0.269. The molecule has 0 radical (unpaired) electrons. The summed E-state index contributed by atoms with van der Waals surface area (Å²) in [6, 6.07) is 7.12. The van der Waals surface area contributed by atoms with Crippen LogP contribution in [0.15, 0.2) is 34.9 Å². The van der Waals surface area contributed by atoms with E-state index in [0.29, 0.717) is 5.56 Å². The summed E-state index contributed by atoms with van der Waals surface area (Å²) < 4.78 is 19.3. The number of hydrogen-bond acceptors (Lipinski definition) is 2. The van der Waals surface area contributed by atoms with Gasteiger partial charge in [0.25, 0.3) is 0 Å². The van der Waals surface area contributed by atoms with Gasteiger partial charge in [0, 0.05) is 11.4 Å². The molecule has 1 aromatic heterocycles. The fraction of sp³-hybridized carbons (Fsp3) is 0.385. The van der Waals surface area contributed by atoms with Gasteiger partial charge in [-0.25, -0.2) is 4.39 Å². The molecule has 0 aliphatic carbocycles. The fourth-order valence-electron chi connectivity index (χ4n) is 1.87. The molecule has 0 aliphatic rings. The molecule has 2 unspecified atom stereocenters. The van der Waals surface area contributed by atoms with Crippen LogP contribution >= 0.6 is 0 Å². The monoisotopic (exact) mass is 221 g/mol. The number of hydrogen-bond donors (Lipinski definition) is 1. The molecule has 86 valence electrons. The summed E-state index contributed by atoms with van der Waals surface area (Å²) >= 11 is 0. The quantitative estimate of drug-likeness (QED) is 0.855. The molecular weight excluding hydrogens is 205 g/mol. The van der Waals surface area contributed by atoms with Gasteiger partial charge < -0.3 is 9.73 Å². The summed E-state index contributed by atoms with van der Waals surface area (Å²) in [6.07, 6.45) is 0.634. The standard InChI is InChI=1S/C13H16FNO/c1-3-15-9(2)13(14)11-4-5-12-10(8-11)6-7-16-12/h4-9,13,15H,3H2,1-2H3. The fourth-order valence-corrected chi connectivity index (χ4v) is 1.87. The second kappa shape index (κ2) is 4.66. The predicted molar refractivity (Wildman–Crippen MR) is 63.2 cm³/mol. The molecule has 3 heteroatoms. The average Bonchev–Trinajstić information content (AvgIpc) is 2.75. The Morgan fingerprint density at radius 1 is 1.38 bits per heavy atom. The zero-order valence-electron chi connectivity index (χ0n) is 9.53. The van der Waals surface area contributed by atoms with Gasteiger partial charge in [0.2, 0.25) is 0 Å². The summed E-state index contributed by atoms with van der Waals surface area (Å²) in [6.45, 7) is 4.60. The molecule has 2 rings (SSSR count). The molecule has 0 fully saturated rings. The Balaban J connectivity index is 2.24. The van der Waals surface area contributed by atoms with Crippen LogP contribution in [-0.2, 0) is 0 Å². The molecule has 2 nitrogen and oxygen atoms in total. The largest absolute Gasteiger partial charge is 0.464 e. The maximum absolute atomic E-state index is 14.1. The maximum atomic E-state index is 14.1. The van der Waals surface area contributed by atoms with Crippen LogP contribution in [0.2, 0.25) is 0 Å². The van der Waals surface area contributed by atoms with Crippen LogP contribution < -0.4 is 5.32 Å². The van der Waals surface area contributed by atoms with Crippen molar-refractivity contribution in [2.75, 3.05) is 6.54 Å². The Bertz CT molecular complexity index is 466. The van der Waals surface area contributed by atoms with Gasteiger partial charge in [-0.1, -0.05) is 13.0 Å². The summed E-state index contributed by atoms with van der Waals surface area (Å²) in [5.74, 6) is 0. The number of alkyl halides is 1. The molecule has 0 saturated carbocycles. The smallest absolute Gasteiger partial charge is 0.140 e. The highest BCUT2D eigenvalue weighted by atomic mass is 19.1. The van der Waals surface area contributed by atoms with Gasteiger partial charge in [-0.2, -0.15) is 0 Å². The van der Waals surface area contributed by atoms with Crippen LogP contribution in [0.4, 0.5) is 4.39 Å². The predicted octanol–water partition coefficient (Wildman–Crippen LogP) is 3.44. The van der Waals surface area contributed by atoms with Crippen molar-refractivity contribution >= 4 is 11.0 Å². The third-order valence-corrected chi connectivity index (χ3v) is 2.76. The van der Waals surface area contributed by atoms with Gasteiger partial charge in [-0.3, -0.25) is 0 Å². The molecule has 1 aromatic carbocycles. The van der Waals surface area contributed by atoms with Crippen molar-refractivity contribution in [1.82, 2.24) is 5.32 Å². The summed E-state index contributed by atoms with van der Waals surface area (Å²) in [5.41, 5.74) is 1.49. The van der Waals surface area contributed by atoms with E-state index >= 15 is 0 Å². The molecule has 0 aliphatic heterocycles. The van der Waals surface area contributed by atoms with Crippen LogP contribution in [0.5, 0.6) is 0 Å². The van der Waals surface area contributed by atoms with Gasteiger partial charge >= 0.3 is 0 Å². The third kappa shape index (κ3) is 2.09. The SMILES string of the molecule is CCNC(C)C(F)c1ccc2occc2c1. The van der Waals surface area contributed by atoms with E-state index in [0.717, 1.165) is 17.5 Å². The van der Waals surface area contributed by atoms with E-state index < -0.39 is 6.17 Å². The van der Waals surface area contributed by atoms with Gasteiger partial charge in [-0.05, 0) is 37.2 Å². The number of rotatable bonds is 4. The van der Waals surface area contributed by atoms with Crippen molar-refractivity contribution < 1.29 is 8.81 Å². The highest BCUT2D eigenvalue weighted by Gasteiger charge is 2.17. The highest BCUT2D eigenvalue weighted by molar-refractivity contribution is 5.77.